The third-order valence-electron chi connectivity index (χ3n) is 4.92. The van der Waals surface area contributed by atoms with Crippen LogP contribution in [0.25, 0.3) is 0 Å². The number of aromatic nitrogens is 2. The number of nitrogens with zero attached hydrogens (tertiary/aromatic N) is 2. The van der Waals surface area contributed by atoms with Gasteiger partial charge in [0.2, 0.25) is 0 Å². The van der Waals surface area contributed by atoms with Gasteiger partial charge in [0.1, 0.15) is 11.1 Å². The Morgan fingerprint density at radius 3 is 2.92 bits per heavy atom. The first-order chi connectivity index (χ1) is 11.8. The van der Waals surface area contributed by atoms with Crippen molar-refractivity contribution in [1.29, 1.82) is 0 Å². The molecule has 0 spiro atoms. The van der Waals surface area contributed by atoms with Gasteiger partial charge >= 0.3 is 6.09 Å². The number of carbonyl (C=O) groups excluding carboxylic acids is 1. The molecule has 2 fully saturated rings. The van der Waals surface area contributed by atoms with Crippen molar-refractivity contribution in [3.05, 3.63) is 21.6 Å². The first kappa shape index (κ1) is 18.0. The Morgan fingerprint density at radius 2 is 2.20 bits per heavy atom. The van der Waals surface area contributed by atoms with E-state index in [2.05, 4.69) is 15.5 Å². The molecule has 25 heavy (non-hydrogen) atoms. The third-order valence-corrected chi connectivity index (χ3v) is 5.29. The van der Waals surface area contributed by atoms with Crippen LogP contribution in [0.5, 0.6) is 0 Å². The Morgan fingerprint density at radius 1 is 1.48 bits per heavy atom. The van der Waals surface area contributed by atoms with Gasteiger partial charge in [-0.3, -0.25) is 4.79 Å². The minimum Gasteiger partial charge on any atom is -0.444 e. The maximum absolute atomic E-state index is 12.1. The Hall–Kier alpha value is -1.80. The highest BCUT2D eigenvalue weighted by Gasteiger charge is 2.31. The zero-order chi connectivity index (χ0) is 18.0. The fourth-order valence-corrected chi connectivity index (χ4v) is 3.58. The molecule has 1 aliphatic carbocycles. The fourth-order valence-electron chi connectivity index (χ4n) is 3.37. The van der Waals surface area contributed by atoms with E-state index < -0.39 is 17.3 Å². The Balaban J connectivity index is 1.49. The molecule has 2 heterocycles. The van der Waals surface area contributed by atoms with Crippen molar-refractivity contribution in [3.8, 4) is 0 Å². The number of carbonyl (C=O) groups is 1. The second-order valence-corrected chi connectivity index (χ2v) is 7.45. The smallest absolute Gasteiger partial charge is 0.407 e. The molecule has 1 aromatic rings. The van der Waals surface area contributed by atoms with Crippen LogP contribution in [0.2, 0.25) is 5.02 Å². The molecule has 0 aromatic carbocycles. The number of halogens is 1. The molecule has 1 aromatic heterocycles. The van der Waals surface area contributed by atoms with Crippen molar-refractivity contribution < 1.29 is 14.6 Å². The van der Waals surface area contributed by atoms with Gasteiger partial charge in [-0.25, -0.2) is 9.89 Å². The van der Waals surface area contributed by atoms with Gasteiger partial charge in [-0.2, -0.15) is 5.10 Å². The van der Waals surface area contributed by atoms with E-state index in [0.717, 1.165) is 12.8 Å². The molecule has 8 nitrogen and oxygen atoms in total. The number of amides is 1. The number of hydrogen-bond donors (Lipinski definition) is 3. The number of nitrogens with one attached hydrogen (secondary N) is 2. The molecule has 3 N–H and O–H groups in total. The number of aliphatic hydroxyl groups is 1. The minimum atomic E-state index is -0.630. The summed E-state index contributed by atoms with van der Waals surface area (Å²) in [5.41, 5.74) is -0.518. The Kier molecular flexibility index (Phi) is 5.19. The standard InChI is InChI=1S/C16H23ClN4O4/c1-16(24)5-2-10(3-6-16)19-15(23)25-11-4-7-21(9-11)12-8-18-20-14(22)13(12)17/h8,10-11,24H,2-7,9H2,1H3,(H,19,23)(H,20,22)/t10-,11-,16+/m1/s1. The van der Waals surface area contributed by atoms with Crippen molar-refractivity contribution in [2.24, 2.45) is 0 Å². The minimum absolute atomic E-state index is 0.0385. The molecular formula is C16H23ClN4O4. The van der Waals surface area contributed by atoms with Gasteiger partial charge < -0.3 is 20.1 Å². The molecule has 138 valence electrons. The quantitative estimate of drug-likeness (QED) is 0.742. The van der Waals surface area contributed by atoms with Crippen LogP contribution in [0.3, 0.4) is 0 Å². The highest BCUT2D eigenvalue weighted by molar-refractivity contribution is 6.33. The summed E-state index contributed by atoms with van der Waals surface area (Å²) in [7, 11) is 0. The van der Waals surface area contributed by atoms with Gasteiger partial charge in [0.25, 0.3) is 5.56 Å². The van der Waals surface area contributed by atoms with Gasteiger partial charge in [-0.05, 0) is 32.6 Å². The predicted octanol–water partition coefficient (Wildman–Crippen LogP) is 1.42. The molecule has 1 amide bonds. The summed E-state index contributed by atoms with van der Waals surface area (Å²) in [6.45, 7) is 2.93. The fraction of sp³-hybridized carbons (Fsp3) is 0.688. The van der Waals surface area contributed by atoms with Crippen molar-refractivity contribution in [2.75, 3.05) is 18.0 Å². The summed E-state index contributed by atoms with van der Waals surface area (Å²) >= 11 is 6.01. The molecule has 0 bridgehead atoms. The van der Waals surface area contributed by atoms with Crippen LogP contribution in [0.15, 0.2) is 11.0 Å². The number of ether oxygens (including phenoxy) is 1. The second-order valence-electron chi connectivity index (χ2n) is 7.08. The molecule has 1 aliphatic heterocycles. The lowest BCUT2D eigenvalue weighted by atomic mass is 9.84. The summed E-state index contributed by atoms with van der Waals surface area (Å²) in [5.74, 6) is 0. The second kappa shape index (κ2) is 7.21. The highest BCUT2D eigenvalue weighted by atomic mass is 35.5. The van der Waals surface area contributed by atoms with Gasteiger partial charge in [0, 0.05) is 19.0 Å². The first-order valence-electron chi connectivity index (χ1n) is 8.52. The predicted molar refractivity (Wildman–Crippen MR) is 93.0 cm³/mol. The Labute approximate surface area is 150 Å². The van der Waals surface area contributed by atoms with E-state index in [1.165, 1.54) is 6.20 Å². The van der Waals surface area contributed by atoms with E-state index in [9.17, 15) is 14.7 Å². The summed E-state index contributed by atoms with van der Waals surface area (Å²) in [5, 5.41) is 19.0. The van der Waals surface area contributed by atoms with Crippen LogP contribution in [-0.2, 0) is 4.74 Å². The van der Waals surface area contributed by atoms with Gasteiger partial charge in [0.15, 0.2) is 0 Å². The van der Waals surface area contributed by atoms with Crippen molar-refractivity contribution in [3.63, 3.8) is 0 Å². The number of anilines is 1. The summed E-state index contributed by atoms with van der Waals surface area (Å²) < 4.78 is 5.48. The molecule has 0 unspecified atom stereocenters. The summed E-state index contributed by atoms with van der Waals surface area (Å²) in [4.78, 5) is 25.5. The Bertz CT molecular complexity index is 683. The molecule has 1 saturated carbocycles. The molecule has 0 radical (unpaired) electrons. The summed E-state index contributed by atoms with van der Waals surface area (Å²) in [6, 6.07) is 0.0385. The lowest BCUT2D eigenvalue weighted by Gasteiger charge is -2.33. The highest BCUT2D eigenvalue weighted by Crippen LogP contribution is 2.28. The maximum Gasteiger partial charge on any atom is 0.407 e. The van der Waals surface area contributed by atoms with Crippen LogP contribution in [0.1, 0.15) is 39.0 Å². The van der Waals surface area contributed by atoms with Crippen molar-refractivity contribution in [2.45, 2.75) is 56.8 Å². The third kappa shape index (κ3) is 4.43. The monoisotopic (exact) mass is 370 g/mol. The molecule has 1 saturated heterocycles. The van der Waals surface area contributed by atoms with Crippen molar-refractivity contribution in [1.82, 2.24) is 15.5 Å². The van der Waals surface area contributed by atoms with Crippen LogP contribution < -0.4 is 15.8 Å². The van der Waals surface area contributed by atoms with Gasteiger partial charge in [-0.15, -0.1) is 0 Å². The topological polar surface area (TPSA) is 108 Å². The van der Waals surface area contributed by atoms with Crippen LogP contribution >= 0.6 is 11.6 Å². The maximum atomic E-state index is 12.1. The number of aromatic amines is 1. The van der Waals surface area contributed by atoms with E-state index in [-0.39, 0.29) is 17.2 Å². The molecule has 1 atom stereocenters. The molecule has 3 rings (SSSR count). The average molecular weight is 371 g/mol. The van der Waals surface area contributed by atoms with Crippen LogP contribution in [0, 0.1) is 0 Å². The molecule has 2 aliphatic rings. The largest absolute Gasteiger partial charge is 0.444 e. The zero-order valence-electron chi connectivity index (χ0n) is 14.1. The van der Waals surface area contributed by atoms with Crippen molar-refractivity contribution >= 4 is 23.4 Å². The number of rotatable bonds is 3. The van der Waals surface area contributed by atoms with E-state index in [0.29, 0.717) is 38.0 Å². The van der Waals surface area contributed by atoms with E-state index in [1.807, 2.05) is 11.8 Å². The SMILES string of the molecule is C[C@]1(O)CC[C@@H](NC(=O)O[C@@H]2CCN(c3cn[nH]c(=O)c3Cl)C2)CC1. The first-order valence-corrected chi connectivity index (χ1v) is 8.89. The normalized spacial score (nSPS) is 29.5. The number of H-pyrrole nitrogens is 1. The van der Waals surface area contributed by atoms with Gasteiger partial charge in [0.05, 0.1) is 24.0 Å². The molecular weight excluding hydrogens is 348 g/mol. The summed E-state index contributed by atoms with van der Waals surface area (Å²) in [6.07, 6.45) is 4.29. The van der Waals surface area contributed by atoms with Gasteiger partial charge in [-0.1, -0.05) is 11.6 Å². The van der Waals surface area contributed by atoms with E-state index in [4.69, 9.17) is 16.3 Å². The lowest BCUT2D eigenvalue weighted by molar-refractivity contribution is 0.0128. The lowest BCUT2D eigenvalue weighted by Crippen LogP contribution is -2.43. The van der Waals surface area contributed by atoms with Crippen LogP contribution in [-0.4, -0.2) is 52.2 Å². The average Bonchev–Trinajstić information content (AvgIpc) is 3.00. The zero-order valence-corrected chi connectivity index (χ0v) is 14.9. The van der Waals surface area contributed by atoms with E-state index >= 15 is 0 Å². The van der Waals surface area contributed by atoms with E-state index in [1.54, 1.807) is 0 Å². The molecule has 9 heteroatoms. The number of alkyl carbamates (subject to hydrolysis) is 1. The van der Waals surface area contributed by atoms with Crippen LogP contribution in [0.4, 0.5) is 10.5 Å². The number of hydrogen-bond acceptors (Lipinski definition) is 6.